The van der Waals surface area contributed by atoms with Crippen LogP contribution in [0.25, 0.3) is 0 Å². The number of nitrogens with two attached hydrogens (primary N) is 1. The molecule has 3 nitrogen and oxygen atoms in total. The minimum absolute atomic E-state index is 0.0296. The molecule has 1 fully saturated rings. The number of hydrogen-bond acceptors (Lipinski definition) is 2. The van der Waals surface area contributed by atoms with Crippen LogP contribution in [0.2, 0.25) is 0 Å². The Labute approximate surface area is 80.1 Å². The molecular weight excluding hydrogens is 164 g/mol. The predicted molar refractivity (Wildman–Crippen MR) is 53.2 cm³/mol. The fourth-order valence-electron chi connectivity index (χ4n) is 1.86. The number of carbonyl (C=O) groups is 1. The van der Waals surface area contributed by atoms with Gasteiger partial charge >= 0.3 is 0 Å². The minimum atomic E-state index is -0.372. The van der Waals surface area contributed by atoms with Crippen LogP contribution < -0.4 is 11.1 Å². The summed E-state index contributed by atoms with van der Waals surface area (Å²) in [4.78, 5) is 11.1. The lowest BCUT2D eigenvalue weighted by atomic mass is 10.0. The molecule has 1 amide bonds. The fraction of sp³-hybridized carbons (Fsp3) is 0.900. The number of amides is 1. The molecule has 0 aromatic heterocycles. The number of nitrogens with one attached hydrogen (secondary N) is 1. The standard InChI is InChI=1S/C10H20N2O/c1-8(11)10(13)12-7-6-9-4-2-3-5-9/h8-9H,2-7,11H2,1H3,(H,12,13)/t8-/m0/s1. The maximum atomic E-state index is 11.1. The van der Waals surface area contributed by atoms with Gasteiger partial charge in [-0.2, -0.15) is 0 Å². The molecule has 1 aliphatic carbocycles. The summed E-state index contributed by atoms with van der Waals surface area (Å²) in [5.41, 5.74) is 5.42. The van der Waals surface area contributed by atoms with E-state index in [1.165, 1.54) is 25.7 Å². The summed E-state index contributed by atoms with van der Waals surface area (Å²) < 4.78 is 0. The van der Waals surface area contributed by atoms with Crippen molar-refractivity contribution in [1.82, 2.24) is 5.32 Å². The van der Waals surface area contributed by atoms with Gasteiger partial charge in [-0.15, -0.1) is 0 Å². The first kappa shape index (κ1) is 10.5. The zero-order valence-corrected chi connectivity index (χ0v) is 8.38. The molecular formula is C10H20N2O. The Balaban J connectivity index is 2.03. The van der Waals surface area contributed by atoms with Crippen LogP contribution in [0.5, 0.6) is 0 Å². The van der Waals surface area contributed by atoms with Crippen LogP contribution in [0.15, 0.2) is 0 Å². The van der Waals surface area contributed by atoms with Gasteiger partial charge in [0, 0.05) is 6.54 Å². The van der Waals surface area contributed by atoms with Crippen molar-refractivity contribution in [2.24, 2.45) is 11.7 Å². The molecule has 0 radical (unpaired) electrons. The Morgan fingerprint density at radius 3 is 2.69 bits per heavy atom. The summed E-state index contributed by atoms with van der Waals surface area (Å²) >= 11 is 0. The Morgan fingerprint density at radius 2 is 2.15 bits per heavy atom. The zero-order chi connectivity index (χ0) is 9.68. The molecule has 3 N–H and O–H groups in total. The topological polar surface area (TPSA) is 55.1 Å². The van der Waals surface area contributed by atoms with E-state index in [-0.39, 0.29) is 11.9 Å². The molecule has 0 aliphatic heterocycles. The highest BCUT2D eigenvalue weighted by Gasteiger charge is 2.15. The predicted octanol–water partition coefficient (Wildman–Crippen LogP) is 1.03. The Morgan fingerprint density at radius 1 is 1.54 bits per heavy atom. The molecule has 0 bridgehead atoms. The number of rotatable bonds is 4. The number of carbonyl (C=O) groups excluding carboxylic acids is 1. The summed E-state index contributed by atoms with van der Waals surface area (Å²) in [6.45, 7) is 2.51. The van der Waals surface area contributed by atoms with E-state index in [4.69, 9.17) is 5.73 Å². The van der Waals surface area contributed by atoms with E-state index in [1.54, 1.807) is 6.92 Å². The molecule has 0 saturated heterocycles. The second-order valence-corrected chi connectivity index (χ2v) is 4.02. The second kappa shape index (κ2) is 5.22. The fourth-order valence-corrected chi connectivity index (χ4v) is 1.86. The van der Waals surface area contributed by atoms with Crippen LogP contribution in [0, 0.1) is 5.92 Å². The summed E-state index contributed by atoms with van der Waals surface area (Å²) in [5, 5.41) is 2.85. The van der Waals surface area contributed by atoms with Gasteiger partial charge in [-0.05, 0) is 19.3 Å². The van der Waals surface area contributed by atoms with Crippen molar-refractivity contribution in [2.75, 3.05) is 6.54 Å². The lowest BCUT2D eigenvalue weighted by Crippen LogP contribution is -2.39. The van der Waals surface area contributed by atoms with Crippen molar-refractivity contribution in [2.45, 2.75) is 45.1 Å². The van der Waals surface area contributed by atoms with Crippen LogP contribution in [-0.4, -0.2) is 18.5 Å². The summed E-state index contributed by atoms with van der Waals surface area (Å²) in [6.07, 6.45) is 6.54. The summed E-state index contributed by atoms with van der Waals surface area (Å²) in [5.74, 6) is 0.811. The maximum absolute atomic E-state index is 11.1. The van der Waals surface area contributed by atoms with Gasteiger partial charge in [0.25, 0.3) is 0 Å². The third-order valence-corrected chi connectivity index (χ3v) is 2.74. The molecule has 3 heteroatoms. The van der Waals surface area contributed by atoms with Gasteiger partial charge < -0.3 is 11.1 Å². The van der Waals surface area contributed by atoms with Crippen LogP contribution >= 0.6 is 0 Å². The molecule has 1 aliphatic rings. The van der Waals surface area contributed by atoms with Gasteiger partial charge in [0.15, 0.2) is 0 Å². The Hall–Kier alpha value is -0.570. The number of hydrogen-bond donors (Lipinski definition) is 2. The van der Waals surface area contributed by atoms with Crippen LogP contribution in [0.4, 0.5) is 0 Å². The third kappa shape index (κ3) is 3.77. The van der Waals surface area contributed by atoms with Crippen LogP contribution in [-0.2, 0) is 4.79 Å². The second-order valence-electron chi connectivity index (χ2n) is 4.02. The van der Waals surface area contributed by atoms with E-state index in [2.05, 4.69) is 5.32 Å². The Kier molecular flexibility index (Phi) is 4.22. The Bertz CT molecular complexity index is 162. The summed E-state index contributed by atoms with van der Waals surface area (Å²) in [7, 11) is 0. The first-order valence-corrected chi connectivity index (χ1v) is 5.23. The first-order valence-electron chi connectivity index (χ1n) is 5.23. The van der Waals surface area contributed by atoms with Gasteiger partial charge in [-0.1, -0.05) is 25.7 Å². The van der Waals surface area contributed by atoms with Gasteiger partial charge in [-0.25, -0.2) is 0 Å². The zero-order valence-electron chi connectivity index (χ0n) is 8.38. The summed E-state index contributed by atoms with van der Waals surface area (Å²) in [6, 6.07) is -0.372. The highest BCUT2D eigenvalue weighted by molar-refractivity contribution is 5.80. The van der Waals surface area contributed by atoms with Crippen molar-refractivity contribution in [3.63, 3.8) is 0 Å². The monoisotopic (exact) mass is 184 g/mol. The van der Waals surface area contributed by atoms with E-state index in [9.17, 15) is 4.79 Å². The average molecular weight is 184 g/mol. The van der Waals surface area contributed by atoms with E-state index < -0.39 is 0 Å². The molecule has 0 aromatic rings. The highest BCUT2D eigenvalue weighted by Crippen LogP contribution is 2.26. The van der Waals surface area contributed by atoms with Gasteiger partial charge in [0.2, 0.25) is 5.91 Å². The molecule has 0 unspecified atom stereocenters. The lowest BCUT2D eigenvalue weighted by Gasteiger charge is -2.10. The average Bonchev–Trinajstić information content (AvgIpc) is 2.56. The first-order chi connectivity index (χ1) is 6.20. The van der Waals surface area contributed by atoms with Crippen molar-refractivity contribution < 1.29 is 4.79 Å². The maximum Gasteiger partial charge on any atom is 0.236 e. The molecule has 1 atom stereocenters. The van der Waals surface area contributed by atoms with Gasteiger partial charge in [-0.3, -0.25) is 4.79 Å². The normalized spacial score (nSPS) is 20.2. The minimum Gasteiger partial charge on any atom is -0.355 e. The van der Waals surface area contributed by atoms with E-state index >= 15 is 0 Å². The van der Waals surface area contributed by atoms with Gasteiger partial charge in [0.05, 0.1) is 6.04 Å². The molecule has 1 rings (SSSR count). The highest BCUT2D eigenvalue weighted by atomic mass is 16.2. The molecule has 0 heterocycles. The van der Waals surface area contributed by atoms with E-state index in [1.807, 2.05) is 0 Å². The van der Waals surface area contributed by atoms with E-state index in [0.717, 1.165) is 18.9 Å². The molecule has 0 spiro atoms. The SMILES string of the molecule is C[C@H](N)C(=O)NCCC1CCCC1. The van der Waals surface area contributed by atoms with Crippen LogP contribution in [0.1, 0.15) is 39.0 Å². The molecule has 1 saturated carbocycles. The third-order valence-electron chi connectivity index (χ3n) is 2.74. The van der Waals surface area contributed by atoms with Crippen LogP contribution in [0.3, 0.4) is 0 Å². The van der Waals surface area contributed by atoms with Crippen molar-refractivity contribution in [1.29, 1.82) is 0 Å². The quantitative estimate of drug-likeness (QED) is 0.685. The van der Waals surface area contributed by atoms with E-state index in [0.29, 0.717) is 0 Å². The largest absolute Gasteiger partial charge is 0.355 e. The smallest absolute Gasteiger partial charge is 0.236 e. The molecule has 0 aromatic carbocycles. The van der Waals surface area contributed by atoms with Crippen molar-refractivity contribution in [3.05, 3.63) is 0 Å². The molecule has 76 valence electrons. The van der Waals surface area contributed by atoms with Gasteiger partial charge in [0.1, 0.15) is 0 Å². The lowest BCUT2D eigenvalue weighted by molar-refractivity contribution is -0.122. The van der Waals surface area contributed by atoms with Crippen molar-refractivity contribution in [3.8, 4) is 0 Å². The van der Waals surface area contributed by atoms with Crippen molar-refractivity contribution >= 4 is 5.91 Å². The molecule has 13 heavy (non-hydrogen) atoms.